The summed E-state index contributed by atoms with van der Waals surface area (Å²) in [5.74, 6) is 1.64. The Morgan fingerprint density at radius 1 is 1.21 bits per heavy atom. The molecule has 33 heavy (non-hydrogen) atoms. The molecule has 1 unspecified atom stereocenters. The van der Waals surface area contributed by atoms with Crippen molar-refractivity contribution in [1.82, 2.24) is 30.0 Å². The maximum absolute atomic E-state index is 6.21. The number of nitrogens with two attached hydrogens (primary N) is 2. The largest absolute Gasteiger partial charge is 0.496 e. The van der Waals surface area contributed by atoms with Crippen molar-refractivity contribution < 1.29 is 4.74 Å². The Morgan fingerprint density at radius 3 is 2.91 bits per heavy atom. The van der Waals surface area contributed by atoms with Crippen molar-refractivity contribution in [3.63, 3.8) is 0 Å². The summed E-state index contributed by atoms with van der Waals surface area (Å²) in [7, 11) is 1.71. The van der Waals surface area contributed by atoms with E-state index in [0.717, 1.165) is 62.4 Å². The molecule has 1 saturated heterocycles. The first-order chi connectivity index (χ1) is 16.1. The number of benzene rings is 1. The monoisotopic (exact) mass is 453 g/mol. The number of nitrogen functional groups attached to an aromatic ring is 1. The molecule has 0 saturated carbocycles. The molecule has 2 aromatic heterocycles. The van der Waals surface area contributed by atoms with Crippen molar-refractivity contribution in [3.8, 4) is 5.75 Å². The summed E-state index contributed by atoms with van der Waals surface area (Å²) >= 11 is 0. The molecule has 1 aliphatic rings. The van der Waals surface area contributed by atoms with Crippen molar-refractivity contribution in [2.75, 3.05) is 44.3 Å². The van der Waals surface area contributed by atoms with E-state index in [1.54, 1.807) is 13.3 Å². The van der Waals surface area contributed by atoms with Gasteiger partial charge in [-0.25, -0.2) is 4.98 Å². The number of nitrogens with zero attached hydrogens (tertiary/aromatic N) is 5. The number of methoxy groups -OCH3 is 1. The molecule has 10 nitrogen and oxygen atoms in total. The highest BCUT2D eigenvalue weighted by Gasteiger charge is 2.17. The Labute approximate surface area is 194 Å². The summed E-state index contributed by atoms with van der Waals surface area (Å²) in [6.45, 7) is 7.82. The number of hydrogen-bond donors (Lipinski definition) is 4. The van der Waals surface area contributed by atoms with E-state index in [1.165, 1.54) is 12.0 Å². The fourth-order valence-corrected chi connectivity index (χ4v) is 4.29. The number of hydrogen-bond acceptors (Lipinski definition) is 9. The van der Waals surface area contributed by atoms with Crippen molar-refractivity contribution in [3.05, 3.63) is 35.5 Å². The zero-order valence-corrected chi connectivity index (χ0v) is 19.5. The molecule has 0 radical (unpaired) electrons. The summed E-state index contributed by atoms with van der Waals surface area (Å²) < 4.78 is 7.62. The molecule has 0 aliphatic carbocycles. The van der Waals surface area contributed by atoms with E-state index in [0.29, 0.717) is 17.9 Å². The molecule has 3 aromatic rings. The number of fused-ring (bicyclic) bond motifs is 1. The molecule has 0 spiro atoms. The minimum absolute atomic E-state index is 0.193. The Kier molecular flexibility index (Phi) is 7.58. The molecule has 178 valence electrons. The van der Waals surface area contributed by atoms with Crippen molar-refractivity contribution in [1.29, 1.82) is 0 Å². The molecule has 1 aliphatic heterocycles. The third-order valence-corrected chi connectivity index (χ3v) is 5.94. The van der Waals surface area contributed by atoms with E-state index >= 15 is 0 Å². The Balaban J connectivity index is 1.58. The molecule has 3 heterocycles. The molecule has 6 N–H and O–H groups in total. The van der Waals surface area contributed by atoms with Gasteiger partial charge in [-0.15, -0.1) is 0 Å². The van der Waals surface area contributed by atoms with E-state index in [1.807, 2.05) is 4.68 Å². The third kappa shape index (κ3) is 5.70. The fourth-order valence-electron chi connectivity index (χ4n) is 4.29. The van der Waals surface area contributed by atoms with Crippen molar-refractivity contribution in [2.24, 2.45) is 5.73 Å². The van der Waals surface area contributed by atoms with Crippen LogP contribution in [0.1, 0.15) is 37.3 Å². The van der Waals surface area contributed by atoms with E-state index < -0.39 is 0 Å². The number of nitrogens with one attached hydrogen (secondary N) is 2. The van der Waals surface area contributed by atoms with Crippen LogP contribution in [0.15, 0.2) is 24.4 Å². The van der Waals surface area contributed by atoms with Gasteiger partial charge in [-0.2, -0.15) is 10.1 Å². The summed E-state index contributed by atoms with van der Waals surface area (Å²) in [4.78, 5) is 11.2. The second-order valence-corrected chi connectivity index (χ2v) is 8.53. The zero-order valence-electron chi connectivity index (χ0n) is 19.5. The van der Waals surface area contributed by atoms with Gasteiger partial charge in [-0.05, 0) is 37.6 Å². The van der Waals surface area contributed by atoms with Crippen LogP contribution in [0.5, 0.6) is 5.75 Å². The van der Waals surface area contributed by atoms with Crippen LogP contribution in [0.3, 0.4) is 0 Å². The number of rotatable bonds is 9. The van der Waals surface area contributed by atoms with Crippen LogP contribution in [-0.2, 0) is 13.1 Å². The fraction of sp³-hybridized carbons (Fsp3) is 0.522. The highest BCUT2D eigenvalue weighted by Crippen LogP contribution is 2.26. The standard InChI is InChI=1S/C23H35N9O/c1-3-5-20(24)29-22-21-18(28-23(25)30-22)13-27-32(21)15-17-7-6-16(12-19(17)33-2)14-31-10-4-8-26-9-11-31/h6-7,12-13,20,26H,3-5,8-11,14-15,24H2,1-2H3,(H3,25,28,29,30). The highest BCUT2D eigenvalue weighted by atomic mass is 16.5. The molecule has 4 rings (SSSR count). The summed E-state index contributed by atoms with van der Waals surface area (Å²) in [5, 5.41) is 11.3. The number of anilines is 2. The normalized spacial score (nSPS) is 16.0. The lowest BCUT2D eigenvalue weighted by Crippen LogP contribution is -2.30. The number of aromatic nitrogens is 4. The van der Waals surface area contributed by atoms with Gasteiger partial charge in [0.05, 0.1) is 26.0 Å². The van der Waals surface area contributed by atoms with E-state index in [9.17, 15) is 0 Å². The minimum atomic E-state index is -0.223. The molecule has 1 fully saturated rings. The van der Waals surface area contributed by atoms with Crippen LogP contribution in [0, 0.1) is 0 Å². The van der Waals surface area contributed by atoms with E-state index in [4.69, 9.17) is 16.2 Å². The second kappa shape index (κ2) is 10.8. The van der Waals surface area contributed by atoms with Gasteiger partial charge in [0.2, 0.25) is 5.95 Å². The Bertz CT molecular complexity index is 1060. The lowest BCUT2D eigenvalue weighted by Gasteiger charge is -2.20. The smallest absolute Gasteiger partial charge is 0.222 e. The predicted octanol–water partition coefficient (Wildman–Crippen LogP) is 1.76. The summed E-state index contributed by atoms with van der Waals surface area (Å²) in [5.41, 5.74) is 15.9. The van der Waals surface area contributed by atoms with E-state index in [-0.39, 0.29) is 12.1 Å². The van der Waals surface area contributed by atoms with Gasteiger partial charge < -0.3 is 26.8 Å². The average molecular weight is 454 g/mol. The van der Waals surface area contributed by atoms with Crippen molar-refractivity contribution in [2.45, 2.75) is 45.4 Å². The zero-order chi connectivity index (χ0) is 23.2. The first-order valence-electron chi connectivity index (χ1n) is 11.7. The van der Waals surface area contributed by atoms with Gasteiger partial charge in [0.25, 0.3) is 0 Å². The van der Waals surface area contributed by atoms with Crippen LogP contribution < -0.4 is 26.8 Å². The lowest BCUT2D eigenvalue weighted by molar-refractivity contribution is 0.284. The molecular formula is C23H35N9O. The van der Waals surface area contributed by atoms with E-state index in [2.05, 4.69) is 55.7 Å². The van der Waals surface area contributed by atoms with Gasteiger partial charge in [0, 0.05) is 25.2 Å². The number of ether oxygens (including phenoxy) is 1. The topological polar surface area (TPSA) is 132 Å². The SMILES string of the molecule is CCCC(N)Nc1nc(N)nc2cnn(Cc3ccc(CN4CCCNCC4)cc3OC)c12. The van der Waals surface area contributed by atoms with Gasteiger partial charge in [0.15, 0.2) is 5.82 Å². The maximum atomic E-state index is 6.21. The minimum Gasteiger partial charge on any atom is -0.496 e. The van der Waals surface area contributed by atoms with Crippen LogP contribution in [0.4, 0.5) is 11.8 Å². The molecule has 0 bridgehead atoms. The van der Waals surface area contributed by atoms with Gasteiger partial charge in [-0.3, -0.25) is 9.58 Å². The van der Waals surface area contributed by atoms with Crippen LogP contribution in [0.25, 0.3) is 11.0 Å². The first kappa shape index (κ1) is 23.2. The molecule has 1 aromatic carbocycles. The quantitative estimate of drug-likeness (QED) is 0.358. The van der Waals surface area contributed by atoms with Crippen molar-refractivity contribution >= 4 is 22.8 Å². The second-order valence-electron chi connectivity index (χ2n) is 8.53. The summed E-state index contributed by atoms with van der Waals surface area (Å²) in [6.07, 6.45) is 4.44. The lowest BCUT2D eigenvalue weighted by atomic mass is 10.1. The first-order valence-corrected chi connectivity index (χ1v) is 11.7. The van der Waals surface area contributed by atoms with Gasteiger partial charge >= 0.3 is 0 Å². The van der Waals surface area contributed by atoms with Gasteiger partial charge in [-0.1, -0.05) is 25.5 Å². The Morgan fingerprint density at radius 2 is 2.09 bits per heavy atom. The molecular weight excluding hydrogens is 418 g/mol. The average Bonchev–Trinajstić information content (AvgIpc) is 3.01. The molecule has 10 heteroatoms. The van der Waals surface area contributed by atoms with Crippen LogP contribution in [0.2, 0.25) is 0 Å². The summed E-state index contributed by atoms with van der Waals surface area (Å²) in [6, 6.07) is 6.42. The molecule has 1 atom stereocenters. The molecule has 0 amide bonds. The Hall–Kier alpha value is -2.95. The van der Waals surface area contributed by atoms with Crippen LogP contribution in [-0.4, -0.2) is 64.1 Å². The highest BCUT2D eigenvalue weighted by molar-refractivity contribution is 5.86. The predicted molar refractivity (Wildman–Crippen MR) is 131 cm³/mol. The van der Waals surface area contributed by atoms with Crippen LogP contribution >= 0.6 is 0 Å². The maximum Gasteiger partial charge on any atom is 0.222 e. The van der Waals surface area contributed by atoms with Gasteiger partial charge in [0.1, 0.15) is 16.8 Å². The third-order valence-electron chi connectivity index (χ3n) is 5.94.